The summed E-state index contributed by atoms with van der Waals surface area (Å²) >= 11 is 3.26. The molecule has 11 heavy (non-hydrogen) atoms. The molecule has 0 aromatic carbocycles. The number of hydrogen-bond acceptors (Lipinski definition) is 2. The van der Waals surface area contributed by atoms with Gasteiger partial charge in [0.05, 0.1) is 6.20 Å². The lowest BCUT2D eigenvalue weighted by molar-refractivity contribution is 1.23. The second kappa shape index (κ2) is 2.30. The van der Waals surface area contributed by atoms with Crippen LogP contribution in [0.15, 0.2) is 17.0 Å². The van der Waals surface area contributed by atoms with Crippen LogP contribution in [-0.2, 0) is 0 Å². The molecule has 0 aliphatic carbocycles. The van der Waals surface area contributed by atoms with E-state index < -0.39 is 0 Å². The van der Waals surface area contributed by atoms with Gasteiger partial charge in [-0.1, -0.05) is 0 Å². The van der Waals surface area contributed by atoms with Gasteiger partial charge in [0.25, 0.3) is 0 Å². The molecule has 0 aliphatic rings. The average Bonchev–Trinajstić information content (AvgIpc) is 2.33. The highest BCUT2D eigenvalue weighted by Gasteiger charge is 2.01. The Morgan fingerprint density at radius 2 is 2.36 bits per heavy atom. The summed E-state index contributed by atoms with van der Waals surface area (Å²) in [5.74, 6) is 0. The average molecular weight is 212 g/mol. The monoisotopic (exact) mass is 211 g/mol. The van der Waals surface area contributed by atoms with Gasteiger partial charge in [0.15, 0.2) is 5.65 Å². The summed E-state index contributed by atoms with van der Waals surface area (Å²) in [4.78, 5) is 11.4. The van der Waals surface area contributed by atoms with Crippen LogP contribution < -0.4 is 0 Å². The van der Waals surface area contributed by atoms with Crippen molar-refractivity contribution in [1.82, 2.24) is 15.0 Å². The first-order valence-electron chi connectivity index (χ1n) is 3.23. The zero-order valence-electron chi connectivity index (χ0n) is 5.93. The number of nitrogens with zero attached hydrogens (tertiary/aromatic N) is 2. The van der Waals surface area contributed by atoms with Crippen molar-refractivity contribution in [3.63, 3.8) is 0 Å². The van der Waals surface area contributed by atoms with Crippen LogP contribution in [0.1, 0.15) is 5.56 Å². The zero-order valence-corrected chi connectivity index (χ0v) is 7.51. The molecule has 0 unspecified atom stereocenters. The molecule has 2 aromatic rings. The normalized spacial score (nSPS) is 10.7. The molecule has 2 rings (SSSR count). The standard InChI is InChI=1S/C7H6BrN3/c1-4-2-9-7-6(4)11-5(8)3-10-7/h2-3H,1H3,(H,9,10). The molecule has 0 atom stereocenters. The van der Waals surface area contributed by atoms with Crippen molar-refractivity contribution in [2.45, 2.75) is 6.92 Å². The van der Waals surface area contributed by atoms with E-state index in [9.17, 15) is 0 Å². The molecular formula is C7H6BrN3. The van der Waals surface area contributed by atoms with E-state index in [4.69, 9.17) is 0 Å². The van der Waals surface area contributed by atoms with Crippen molar-refractivity contribution in [2.24, 2.45) is 0 Å². The Kier molecular flexibility index (Phi) is 1.42. The Labute approximate surface area is 72.0 Å². The number of halogens is 1. The topological polar surface area (TPSA) is 41.6 Å². The van der Waals surface area contributed by atoms with Gasteiger partial charge in [-0.15, -0.1) is 0 Å². The zero-order chi connectivity index (χ0) is 7.84. The van der Waals surface area contributed by atoms with Crippen LogP contribution in [0.25, 0.3) is 11.2 Å². The molecule has 0 radical (unpaired) electrons. The number of fused-ring (bicyclic) bond motifs is 1. The summed E-state index contributed by atoms with van der Waals surface area (Å²) < 4.78 is 0.771. The van der Waals surface area contributed by atoms with Crippen LogP contribution in [0.4, 0.5) is 0 Å². The number of aromatic amines is 1. The minimum atomic E-state index is 0.771. The molecule has 56 valence electrons. The lowest BCUT2D eigenvalue weighted by Gasteiger charge is -1.89. The second-order valence-corrected chi connectivity index (χ2v) is 3.17. The fraction of sp³-hybridized carbons (Fsp3) is 0.143. The molecule has 0 bridgehead atoms. The van der Waals surface area contributed by atoms with E-state index in [0.717, 1.165) is 21.3 Å². The fourth-order valence-corrected chi connectivity index (χ4v) is 1.27. The summed E-state index contributed by atoms with van der Waals surface area (Å²) in [6.45, 7) is 2.00. The molecule has 0 aliphatic heterocycles. The van der Waals surface area contributed by atoms with Gasteiger partial charge in [-0.05, 0) is 28.4 Å². The number of aromatic nitrogens is 3. The number of hydrogen-bond donors (Lipinski definition) is 1. The van der Waals surface area contributed by atoms with Crippen molar-refractivity contribution >= 4 is 27.1 Å². The van der Waals surface area contributed by atoms with Gasteiger partial charge < -0.3 is 4.98 Å². The third-order valence-corrected chi connectivity index (χ3v) is 1.92. The van der Waals surface area contributed by atoms with Crippen LogP contribution in [0, 0.1) is 6.92 Å². The maximum atomic E-state index is 4.26. The molecule has 4 heteroatoms. The lowest BCUT2D eigenvalue weighted by atomic mass is 10.3. The summed E-state index contributed by atoms with van der Waals surface area (Å²) in [6.07, 6.45) is 3.58. The van der Waals surface area contributed by atoms with Crippen molar-refractivity contribution < 1.29 is 0 Å². The first kappa shape index (κ1) is 6.79. The summed E-state index contributed by atoms with van der Waals surface area (Å²) in [7, 11) is 0. The minimum Gasteiger partial charge on any atom is -0.345 e. The van der Waals surface area contributed by atoms with Crippen LogP contribution in [0.5, 0.6) is 0 Å². The summed E-state index contributed by atoms with van der Waals surface area (Å²) in [5.41, 5.74) is 2.89. The van der Waals surface area contributed by atoms with E-state index in [2.05, 4.69) is 30.9 Å². The van der Waals surface area contributed by atoms with Gasteiger partial charge in [-0.2, -0.15) is 0 Å². The maximum absolute atomic E-state index is 4.26. The Balaban J connectivity index is 2.87. The van der Waals surface area contributed by atoms with E-state index in [-0.39, 0.29) is 0 Å². The minimum absolute atomic E-state index is 0.771. The Bertz CT molecular complexity index is 393. The van der Waals surface area contributed by atoms with Crippen molar-refractivity contribution in [2.75, 3.05) is 0 Å². The van der Waals surface area contributed by atoms with Crippen LogP contribution >= 0.6 is 15.9 Å². The molecular weight excluding hydrogens is 206 g/mol. The molecule has 0 saturated heterocycles. The predicted octanol–water partition coefficient (Wildman–Crippen LogP) is 2.03. The van der Waals surface area contributed by atoms with E-state index in [1.807, 2.05) is 13.1 Å². The van der Waals surface area contributed by atoms with Gasteiger partial charge in [0.1, 0.15) is 10.1 Å². The quantitative estimate of drug-likeness (QED) is 0.725. The first-order valence-corrected chi connectivity index (χ1v) is 4.03. The molecule has 2 aromatic heterocycles. The second-order valence-electron chi connectivity index (χ2n) is 2.36. The van der Waals surface area contributed by atoms with Crippen molar-refractivity contribution in [3.05, 3.63) is 22.6 Å². The highest BCUT2D eigenvalue weighted by molar-refractivity contribution is 9.10. The Hall–Kier alpha value is -0.900. The molecule has 3 nitrogen and oxygen atoms in total. The number of H-pyrrole nitrogens is 1. The van der Waals surface area contributed by atoms with Crippen LogP contribution in [0.2, 0.25) is 0 Å². The van der Waals surface area contributed by atoms with E-state index in [1.54, 1.807) is 6.20 Å². The van der Waals surface area contributed by atoms with Gasteiger partial charge >= 0.3 is 0 Å². The van der Waals surface area contributed by atoms with Gasteiger partial charge in [-0.25, -0.2) is 9.97 Å². The molecule has 0 amide bonds. The predicted molar refractivity (Wildman–Crippen MR) is 46.3 cm³/mol. The molecule has 0 fully saturated rings. The first-order chi connectivity index (χ1) is 5.27. The fourth-order valence-electron chi connectivity index (χ4n) is 0.993. The third-order valence-electron chi connectivity index (χ3n) is 1.54. The van der Waals surface area contributed by atoms with Crippen LogP contribution in [0.3, 0.4) is 0 Å². The van der Waals surface area contributed by atoms with Gasteiger partial charge in [0, 0.05) is 6.20 Å². The highest BCUT2D eigenvalue weighted by atomic mass is 79.9. The molecule has 1 N–H and O–H groups in total. The summed E-state index contributed by atoms with van der Waals surface area (Å²) in [6, 6.07) is 0. The van der Waals surface area contributed by atoms with Crippen molar-refractivity contribution in [3.8, 4) is 0 Å². The summed E-state index contributed by atoms with van der Waals surface area (Å²) in [5, 5.41) is 0. The maximum Gasteiger partial charge on any atom is 0.156 e. The third kappa shape index (κ3) is 1.03. The van der Waals surface area contributed by atoms with E-state index >= 15 is 0 Å². The van der Waals surface area contributed by atoms with Crippen LogP contribution in [-0.4, -0.2) is 15.0 Å². The highest BCUT2D eigenvalue weighted by Crippen LogP contribution is 2.14. The van der Waals surface area contributed by atoms with Crippen molar-refractivity contribution in [1.29, 1.82) is 0 Å². The van der Waals surface area contributed by atoms with Gasteiger partial charge in [0.2, 0.25) is 0 Å². The van der Waals surface area contributed by atoms with Gasteiger partial charge in [-0.3, -0.25) is 0 Å². The van der Waals surface area contributed by atoms with E-state index in [0.29, 0.717) is 0 Å². The van der Waals surface area contributed by atoms with E-state index in [1.165, 1.54) is 0 Å². The lowest BCUT2D eigenvalue weighted by Crippen LogP contribution is -1.81. The number of rotatable bonds is 0. The Morgan fingerprint density at radius 1 is 1.55 bits per heavy atom. The Morgan fingerprint density at radius 3 is 3.18 bits per heavy atom. The largest absolute Gasteiger partial charge is 0.345 e. The molecule has 0 saturated carbocycles. The SMILES string of the molecule is Cc1c[nH]c2ncc(Br)nc12. The number of aryl methyl sites for hydroxylation is 1. The molecule has 2 heterocycles. The molecule has 0 spiro atoms. The smallest absolute Gasteiger partial charge is 0.156 e. The number of nitrogens with one attached hydrogen (secondary N) is 1.